The second-order valence-electron chi connectivity index (χ2n) is 4.69. The number of nitrogens with one attached hydrogen (secondary N) is 1. The first-order valence-corrected chi connectivity index (χ1v) is 8.61. The molecule has 0 aliphatic carbocycles. The number of hydrogen-bond donors (Lipinski definition) is 1. The molecule has 0 saturated heterocycles. The Kier molecular flexibility index (Phi) is 5.04. The number of hydrogen-bond acceptors (Lipinski definition) is 2. The molecule has 1 aromatic heterocycles. The lowest BCUT2D eigenvalue weighted by Crippen LogP contribution is -2.27. The molecule has 20 heavy (non-hydrogen) atoms. The van der Waals surface area contributed by atoms with E-state index >= 15 is 0 Å². The average molecular weight is 417 g/mol. The van der Waals surface area contributed by atoms with Crippen LogP contribution in [0.4, 0.5) is 0 Å². The third-order valence-corrected chi connectivity index (χ3v) is 5.23. The number of rotatable bonds is 3. The van der Waals surface area contributed by atoms with Gasteiger partial charge in [-0.25, -0.2) is 0 Å². The molecule has 0 fully saturated rings. The third-order valence-electron chi connectivity index (χ3n) is 3.07. The van der Waals surface area contributed by atoms with Crippen molar-refractivity contribution in [2.24, 2.45) is 0 Å². The fourth-order valence-electron chi connectivity index (χ4n) is 2.10. The first-order chi connectivity index (χ1) is 9.38. The van der Waals surface area contributed by atoms with Crippen LogP contribution in [0, 0.1) is 13.8 Å². The number of benzene rings is 1. The van der Waals surface area contributed by atoms with Crippen molar-refractivity contribution in [3.8, 4) is 0 Å². The van der Waals surface area contributed by atoms with Crippen molar-refractivity contribution in [2.75, 3.05) is 0 Å². The molecule has 0 saturated carbocycles. The molecule has 1 amide bonds. The molecule has 2 nitrogen and oxygen atoms in total. The number of amides is 1. The molecule has 0 bridgehead atoms. The monoisotopic (exact) mass is 415 g/mol. The molecule has 0 spiro atoms. The molecule has 1 atom stereocenters. The summed E-state index contributed by atoms with van der Waals surface area (Å²) < 4.78 is 1.68. The predicted octanol–water partition coefficient (Wildman–Crippen LogP) is 5.38. The lowest BCUT2D eigenvalue weighted by atomic mass is 10.1. The highest BCUT2D eigenvalue weighted by molar-refractivity contribution is 9.11. The first kappa shape index (κ1) is 15.7. The summed E-state index contributed by atoms with van der Waals surface area (Å²) >= 11 is 8.57. The SMILES string of the molecule is Cc1cc(C(C)NC(=O)c2cc(Br)ccc2Br)c(C)s1. The van der Waals surface area contributed by atoms with Gasteiger partial charge in [0.05, 0.1) is 11.6 Å². The van der Waals surface area contributed by atoms with Crippen LogP contribution >= 0.6 is 43.2 Å². The Hall–Kier alpha value is -0.650. The van der Waals surface area contributed by atoms with Crippen molar-refractivity contribution < 1.29 is 4.79 Å². The maximum absolute atomic E-state index is 12.4. The molecule has 2 aromatic rings. The number of carbonyl (C=O) groups is 1. The molecule has 0 radical (unpaired) electrons. The van der Waals surface area contributed by atoms with E-state index in [0.717, 1.165) is 8.95 Å². The summed E-state index contributed by atoms with van der Waals surface area (Å²) in [5.74, 6) is -0.0751. The maximum Gasteiger partial charge on any atom is 0.252 e. The molecule has 0 aliphatic heterocycles. The minimum absolute atomic E-state index is 0.00154. The van der Waals surface area contributed by atoms with E-state index in [1.807, 2.05) is 25.1 Å². The minimum Gasteiger partial charge on any atom is -0.345 e. The molecule has 106 valence electrons. The van der Waals surface area contributed by atoms with Crippen LogP contribution in [0.15, 0.2) is 33.2 Å². The largest absolute Gasteiger partial charge is 0.345 e. The highest BCUT2D eigenvalue weighted by Gasteiger charge is 2.16. The van der Waals surface area contributed by atoms with Crippen LogP contribution in [-0.4, -0.2) is 5.91 Å². The lowest BCUT2D eigenvalue weighted by Gasteiger charge is -2.15. The summed E-state index contributed by atoms with van der Waals surface area (Å²) in [4.78, 5) is 14.9. The normalized spacial score (nSPS) is 12.2. The van der Waals surface area contributed by atoms with Crippen LogP contribution in [0.25, 0.3) is 0 Å². The van der Waals surface area contributed by atoms with Crippen LogP contribution in [0.1, 0.15) is 38.6 Å². The van der Waals surface area contributed by atoms with Crippen molar-refractivity contribution in [1.82, 2.24) is 5.32 Å². The summed E-state index contributed by atoms with van der Waals surface area (Å²) in [6, 6.07) is 7.72. The highest BCUT2D eigenvalue weighted by atomic mass is 79.9. The van der Waals surface area contributed by atoms with Gasteiger partial charge in [0.2, 0.25) is 0 Å². The molecular formula is C15H15Br2NOS. The van der Waals surface area contributed by atoms with Gasteiger partial charge in [-0.05, 0) is 66.5 Å². The molecule has 5 heteroatoms. The summed E-state index contributed by atoms with van der Waals surface area (Å²) in [6.45, 7) is 6.18. The summed E-state index contributed by atoms with van der Waals surface area (Å²) in [5.41, 5.74) is 1.82. The van der Waals surface area contributed by atoms with Gasteiger partial charge in [-0.3, -0.25) is 4.79 Å². The van der Waals surface area contributed by atoms with E-state index in [1.54, 1.807) is 11.3 Å². The van der Waals surface area contributed by atoms with Gasteiger partial charge in [0.25, 0.3) is 5.91 Å². The second-order valence-corrected chi connectivity index (χ2v) is 7.92. The van der Waals surface area contributed by atoms with E-state index < -0.39 is 0 Å². The second kappa shape index (κ2) is 6.41. The summed E-state index contributed by atoms with van der Waals surface area (Å²) in [6.07, 6.45) is 0. The topological polar surface area (TPSA) is 29.1 Å². The third kappa shape index (κ3) is 3.51. The quantitative estimate of drug-likeness (QED) is 0.714. The van der Waals surface area contributed by atoms with Crippen LogP contribution in [0.5, 0.6) is 0 Å². The standard InChI is InChI=1S/C15H15Br2NOS/c1-8-6-12(10(3)20-8)9(2)18-15(19)13-7-11(16)4-5-14(13)17/h4-7,9H,1-3H3,(H,18,19). The average Bonchev–Trinajstić information content (AvgIpc) is 2.71. The molecule has 1 aromatic carbocycles. The Morgan fingerprint density at radius 3 is 2.55 bits per heavy atom. The molecule has 2 rings (SSSR count). The summed E-state index contributed by atoms with van der Waals surface area (Å²) in [7, 11) is 0. The Morgan fingerprint density at radius 2 is 1.95 bits per heavy atom. The smallest absolute Gasteiger partial charge is 0.252 e. The molecule has 1 unspecified atom stereocenters. The van der Waals surface area contributed by atoms with Gasteiger partial charge in [0.1, 0.15) is 0 Å². The number of halogens is 2. The van der Waals surface area contributed by atoms with E-state index in [1.165, 1.54) is 15.3 Å². The zero-order valence-electron chi connectivity index (χ0n) is 11.5. The number of thiophene rings is 1. The molecule has 1 N–H and O–H groups in total. The van der Waals surface area contributed by atoms with Gasteiger partial charge in [-0.2, -0.15) is 0 Å². The van der Waals surface area contributed by atoms with E-state index in [-0.39, 0.29) is 11.9 Å². The van der Waals surface area contributed by atoms with Gasteiger partial charge in [-0.1, -0.05) is 15.9 Å². The zero-order valence-corrected chi connectivity index (χ0v) is 15.4. The van der Waals surface area contributed by atoms with Gasteiger partial charge < -0.3 is 5.32 Å². The van der Waals surface area contributed by atoms with Gasteiger partial charge in [-0.15, -0.1) is 11.3 Å². The zero-order chi connectivity index (χ0) is 14.9. The van der Waals surface area contributed by atoms with Gasteiger partial charge in [0, 0.05) is 18.7 Å². The van der Waals surface area contributed by atoms with E-state index in [0.29, 0.717) is 5.56 Å². The van der Waals surface area contributed by atoms with Crippen molar-refractivity contribution >= 4 is 49.1 Å². The Labute approximate surface area is 139 Å². The fourth-order valence-corrected chi connectivity index (χ4v) is 3.91. The highest BCUT2D eigenvalue weighted by Crippen LogP contribution is 2.27. The maximum atomic E-state index is 12.4. The van der Waals surface area contributed by atoms with E-state index in [2.05, 4.69) is 57.1 Å². The van der Waals surface area contributed by atoms with Gasteiger partial charge in [0.15, 0.2) is 0 Å². The Morgan fingerprint density at radius 1 is 1.25 bits per heavy atom. The van der Waals surface area contributed by atoms with E-state index in [4.69, 9.17) is 0 Å². The Bertz CT molecular complexity index is 651. The molecule has 0 aliphatic rings. The molecule has 1 heterocycles. The lowest BCUT2D eigenvalue weighted by molar-refractivity contribution is 0.0939. The van der Waals surface area contributed by atoms with Crippen molar-refractivity contribution in [3.05, 3.63) is 54.1 Å². The molecular weight excluding hydrogens is 402 g/mol. The van der Waals surface area contributed by atoms with Crippen molar-refractivity contribution in [2.45, 2.75) is 26.8 Å². The van der Waals surface area contributed by atoms with Crippen molar-refractivity contribution in [1.29, 1.82) is 0 Å². The van der Waals surface area contributed by atoms with Crippen LogP contribution in [0.3, 0.4) is 0 Å². The number of carbonyl (C=O) groups excluding carboxylic acids is 1. The Balaban J connectivity index is 2.19. The first-order valence-electron chi connectivity index (χ1n) is 6.21. The fraction of sp³-hybridized carbons (Fsp3) is 0.267. The van der Waals surface area contributed by atoms with Crippen molar-refractivity contribution in [3.63, 3.8) is 0 Å². The predicted molar refractivity (Wildman–Crippen MR) is 91.5 cm³/mol. The van der Waals surface area contributed by atoms with E-state index in [9.17, 15) is 4.79 Å². The minimum atomic E-state index is -0.0751. The van der Waals surface area contributed by atoms with Crippen LogP contribution in [-0.2, 0) is 0 Å². The summed E-state index contributed by atoms with van der Waals surface area (Å²) in [5, 5.41) is 3.05. The number of aryl methyl sites for hydroxylation is 2. The van der Waals surface area contributed by atoms with Crippen LogP contribution < -0.4 is 5.32 Å². The van der Waals surface area contributed by atoms with Crippen LogP contribution in [0.2, 0.25) is 0 Å². The van der Waals surface area contributed by atoms with Gasteiger partial charge >= 0.3 is 0 Å².